The van der Waals surface area contributed by atoms with Gasteiger partial charge >= 0.3 is 0 Å². The van der Waals surface area contributed by atoms with E-state index in [4.69, 9.17) is 9.47 Å². The van der Waals surface area contributed by atoms with Gasteiger partial charge in [-0.2, -0.15) is 0 Å². The van der Waals surface area contributed by atoms with Crippen molar-refractivity contribution in [1.29, 1.82) is 0 Å². The van der Waals surface area contributed by atoms with Crippen molar-refractivity contribution < 1.29 is 23.8 Å². The fraction of sp³-hybridized carbons (Fsp3) is 0.269. The van der Waals surface area contributed by atoms with E-state index in [1.807, 2.05) is 6.07 Å². The molecule has 33 heavy (non-hydrogen) atoms. The third-order valence-electron chi connectivity index (χ3n) is 5.79. The monoisotopic (exact) mass is 450 g/mol. The normalized spacial score (nSPS) is 14.6. The van der Waals surface area contributed by atoms with Gasteiger partial charge in [0, 0.05) is 18.2 Å². The minimum atomic E-state index is -0.426. The molecule has 6 nitrogen and oxygen atoms in total. The molecule has 7 heteroatoms. The number of nitrogens with one attached hydrogen (secondary N) is 1. The zero-order valence-corrected chi connectivity index (χ0v) is 18.5. The Hall–Kier alpha value is -3.58. The van der Waals surface area contributed by atoms with Crippen LogP contribution in [0.5, 0.6) is 23.0 Å². The Balaban J connectivity index is 1.26. The first kappa shape index (κ1) is 22.6. The first-order valence-corrected chi connectivity index (χ1v) is 10.9. The molecule has 2 N–H and O–H groups in total. The molecule has 1 aliphatic rings. The van der Waals surface area contributed by atoms with E-state index in [0.29, 0.717) is 17.2 Å². The summed E-state index contributed by atoms with van der Waals surface area (Å²) < 4.78 is 24.4. The quantitative estimate of drug-likeness (QED) is 0.519. The molecule has 1 fully saturated rings. The van der Waals surface area contributed by atoms with Crippen molar-refractivity contribution >= 4 is 11.6 Å². The smallest absolute Gasteiger partial charge is 0.227 e. The summed E-state index contributed by atoms with van der Waals surface area (Å²) in [4.78, 5) is 15.0. The van der Waals surface area contributed by atoms with Gasteiger partial charge in [0.15, 0.2) is 23.1 Å². The van der Waals surface area contributed by atoms with Crippen molar-refractivity contribution in [2.75, 3.05) is 25.5 Å². The molecule has 1 saturated heterocycles. The highest BCUT2D eigenvalue weighted by Crippen LogP contribution is 2.29. The van der Waals surface area contributed by atoms with E-state index in [0.717, 1.165) is 38.0 Å². The maximum atomic E-state index is 13.7. The summed E-state index contributed by atoms with van der Waals surface area (Å²) in [7, 11) is 1.53. The van der Waals surface area contributed by atoms with Gasteiger partial charge in [0.25, 0.3) is 0 Å². The minimum absolute atomic E-state index is 0.000450. The Morgan fingerprint density at radius 3 is 2.45 bits per heavy atom. The molecule has 0 aliphatic carbocycles. The lowest BCUT2D eigenvalue weighted by molar-refractivity contribution is -0.121. The van der Waals surface area contributed by atoms with Crippen LogP contribution in [-0.2, 0) is 11.3 Å². The lowest BCUT2D eigenvalue weighted by Crippen LogP contribution is -2.37. The van der Waals surface area contributed by atoms with Crippen molar-refractivity contribution in [3.05, 3.63) is 78.1 Å². The number of anilines is 1. The Morgan fingerprint density at radius 1 is 1.06 bits per heavy atom. The van der Waals surface area contributed by atoms with E-state index < -0.39 is 5.82 Å². The van der Waals surface area contributed by atoms with Crippen LogP contribution in [0.4, 0.5) is 10.1 Å². The number of carbonyl (C=O) groups is 1. The summed E-state index contributed by atoms with van der Waals surface area (Å²) in [5.74, 6) is 0.766. The van der Waals surface area contributed by atoms with E-state index in [-0.39, 0.29) is 23.3 Å². The van der Waals surface area contributed by atoms with Crippen LogP contribution in [-0.4, -0.2) is 36.1 Å². The molecule has 3 aromatic rings. The van der Waals surface area contributed by atoms with Crippen molar-refractivity contribution in [2.24, 2.45) is 5.92 Å². The van der Waals surface area contributed by atoms with Crippen LogP contribution < -0.4 is 14.8 Å². The second kappa shape index (κ2) is 10.4. The van der Waals surface area contributed by atoms with Gasteiger partial charge in [0.1, 0.15) is 5.75 Å². The number of methoxy groups -OCH3 is 1. The number of para-hydroxylation sites is 1. The number of aromatic hydroxyl groups is 1. The molecular weight excluding hydrogens is 423 g/mol. The number of hydrogen-bond donors (Lipinski definition) is 2. The molecule has 1 aliphatic heterocycles. The van der Waals surface area contributed by atoms with Crippen LogP contribution in [0.1, 0.15) is 18.4 Å². The van der Waals surface area contributed by atoms with Gasteiger partial charge in [-0.1, -0.05) is 18.2 Å². The number of phenols is 1. The fourth-order valence-corrected chi connectivity index (χ4v) is 3.95. The molecule has 1 amide bonds. The Kier molecular flexibility index (Phi) is 7.10. The SMILES string of the molecule is COc1ccc(CN2CCC(C(=O)Nc3ccc(Oc4ccccc4F)cc3)CC2)cc1O. The van der Waals surface area contributed by atoms with E-state index >= 15 is 0 Å². The first-order valence-electron chi connectivity index (χ1n) is 10.9. The zero-order valence-electron chi connectivity index (χ0n) is 18.5. The lowest BCUT2D eigenvalue weighted by Gasteiger charge is -2.31. The van der Waals surface area contributed by atoms with Crippen LogP contribution in [0.3, 0.4) is 0 Å². The largest absolute Gasteiger partial charge is 0.504 e. The Bertz CT molecular complexity index is 1100. The predicted molar refractivity (Wildman–Crippen MR) is 124 cm³/mol. The summed E-state index contributed by atoms with van der Waals surface area (Å²) in [6.45, 7) is 2.33. The van der Waals surface area contributed by atoms with Gasteiger partial charge in [-0.25, -0.2) is 4.39 Å². The molecule has 0 bridgehead atoms. The second-order valence-corrected chi connectivity index (χ2v) is 8.10. The molecule has 0 aromatic heterocycles. The number of likely N-dealkylation sites (tertiary alicyclic amines) is 1. The summed E-state index contributed by atoms with van der Waals surface area (Å²) in [6, 6.07) is 18.5. The molecular formula is C26H27FN2O4. The number of nitrogens with zero attached hydrogens (tertiary/aromatic N) is 1. The van der Waals surface area contributed by atoms with Crippen LogP contribution in [0, 0.1) is 11.7 Å². The molecule has 0 atom stereocenters. The Labute approximate surface area is 192 Å². The average Bonchev–Trinajstić information content (AvgIpc) is 2.82. The summed E-state index contributed by atoms with van der Waals surface area (Å²) in [5.41, 5.74) is 1.69. The molecule has 0 unspecified atom stereocenters. The molecule has 3 aromatic carbocycles. The van der Waals surface area contributed by atoms with Crippen molar-refractivity contribution in [1.82, 2.24) is 4.90 Å². The Morgan fingerprint density at radius 2 is 1.79 bits per heavy atom. The van der Waals surface area contributed by atoms with Gasteiger partial charge in [-0.3, -0.25) is 9.69 Å². The standard InChI is InChI=1S/C26H27FN2O4/c1-32-25-11-6-18(16-23(25)30)17-29-14-12-19(13-15-29)26(31)28-20-7-9-21(10-8-20)33-24-5-3-2-4-22(24)27/h2-11,16,19,30H,12-15,17H2,1H3,(H,28,31). The summed E-state index contributed by atoms with van der Waals surface area (Å²) in [5, 5.41) is 12.9. The molecule has 0 spiro atoms. The number of piperidine rings is 1. The topological polar surface area (TPSA) is 71.0 Å². The minimum Gasteiger partial charge on any atom is -0.504 e. The second-order valence-electron chi connectivity index (χ2n) is 8.10. The van der Waals surface area contributed by atoms with Crippen molar-refractivity contribution in [3.8, 4) is 23.0 Å². The number of phenolic OH excluding ortho intramolecular Hbond substituents is 1. The number of carbonyl (C=O) groups excluding carboxylic acids is 1. The number of hydrogen-bond acceptors (Lipinski definition) is 5. The lowest BCUT2D eigenvalue weighted by atomic mass is 9.95. The van der Waals surface area contributed by atoms with Crippen LogP contribution in [0.25, 0.3) is 0 Å². The van der Waals surface area contributed by atoms with E-state index in [2.05, 4.69) is 10.2 Å². The molecule has 0 saturated carbocycles. The van der Waals surface area contributed by atoms with Gasteiger partial charge < -0.3 is 19.9 Å². The molecule has 172 valence electrons. The van der Waals surface area contributed by atoms with Crippen LogP contribution in [0.2, 0.25) is 0 Å². The average molecular weight is 451 g/mol. The number of ether oxygens (including phenoxy) is 2. The highest BCUT2D eigenvalue weighted by molar-refractivity contribution is 5.92. The maximum absolute atomic E-state index is 13.7. The number of rotatable bonds is 7. The number of amides is 1. The molecule has 0 radical (unpaired) electrons. The van der Waals surface area contributed by atoms with Gasteiger partial charge in [-0.15, -0.1) is 0 Å². The predicted octanol–water partition coefficient (Wildman–Crippen LogP) is 5.18. The summed E-state index contributed by atoms with van der Waals surface area (Å²) >= 11 is 0. The van der Waals surface area contributed by atoms with E-state index in [1.54, 1.807) is 54.6 Å². The van der Waals surface area contributed by atoms with Crippen LogP contribution >= 0.6 is 0 Å². The first-order chi connectivity index (χ1) is 16.0. The van der Waals surface area contributed by atoms with Crippen molar-refractivity contribution in [2.45, 2.75) is 19.4 Å². The fourth-order valence-electron chi connectivity index (χ4n) is 3.95. The molecule has 4 rings (SSSR count). The van der Waals surface area contributed by atoms with Gasteiger partial charge in [0.05, 0.1) is 7.11 Å². The van der Waals surface area contributed by atoms with Crippen molar-refractivity contribution in [3.63, 3.8) is 0 Å². The highest BCUT2D eigenvalue weighted by atomic mass is 19.1. The third kappa shape index (κ3) is 5.81. The van der Waals surface area contributed by atoms with Crippen LogP contribution in [0.15, 0.2) is 66.7 Å². The van der Waals surface area contributed by atoms with Gasteiger partial charge in [0.2, 0.25) is 5.91 Å². The number of halogens is 1. The summed E-state index contributed by atoms with van der Waals surface area (Å²) in [6.07, 6.45) is 1.53. The van der Waals surface area contributed by atoms with E-state index in [9.17, 15) is 14.3 Å². The van der Waals surface area contributed by atoms with E-state index in [1.165, 1.54) is 13.2 Å². The van der Waals surface area contributed by atoms with Gasteiger partial charge in [-0.05, 0) is 80.0 Å². The molecule has 1 heterocycles. The third-order valence-corrected chi connectivity index (χ3v) is 5.79. The number of benzene rings is 3. The maximum Gasteiger partial charge on any atom is 0.227 e. The highest BCUT2D eigenvalue weighted by Gasteiger charge is 2.25. The zero-order chi connectivity index (χ0) is 23.2.